The molecular formula is C19H15ClN2O4. The number of carboxylic acid groups (broad SMARTS) is 1. The normalized spacial score (nSPS) is 23.0. The molecule has 0 spiro atoms. The van der Waals surface area contributed by atoms with Crippen LogP contribution in [0, 0.1) is 16.0 Å². The fraction of sp³-hybridized carbons (Fsp3) is 0.211. The van der Waals surface area contributed by atoms with E-state index in [4.69, 9.17) is 11.6 Å². The van der Waals surface area contributed by atoms with E-state index >= 15 is 0 Å². The first kappa shape index (κ1) is 16.6. The number of carboxylic acids is 1. The summed E-state index contributed by atoms with van der Waals surface area (Å²) in [5.74, 6) is -0.799. The van der Waals surface area contributed by atoms with E-state index in [9.17, 15) is 20.0 Å². The van der Waals surface area contributed by atoms with E-state index in [1.165, 1.54) is 12.1 Å². The van der Waals surface area contributed by atoms with Crippen molar-refractivity contribution in [2.75, 3.05) is 5.32 Å². The van der Waals surface area contributed by atoms with Crippen LogP contribution in [0.3, 0.4) is 0 Å². The Morgan fingerprint density at radius 1 is 1.23 bits per heavy atom. The summed E-state index contributed by atoms with van der Waals surface area (Å²) in [4.78, 5) is 22.0. The van der Waals surface area contributed by atoms with Gasteiger partial charge >= 0.3 is 5.97 Å². The highest BCUT2D eigenvalue weighted by Crippen LogP contribution is 2.51. The Bertz CT molecular complexity index is 957. The van der Waals surface area contributed by atoms with Crippen LogP contribution in [0.2, 0.25) is 5.02 Å². The number of hydrogen-bond acceptors (Lipinski definition) is 4. The monoisotopic (exact) mass is 370 g/mol. The molecule has 132 valence electrons. The number of allylic oxidation sites excluding steroid dienone is 2. The number of benzene rings is 2. The summed E-state index contributed by atoms with van der Waals surface area (Å²) in [6, 6.07) is 9.28. The largest absolute Gasteiger partial charge is 0.478 e. The van der Waals surface area contributed by atoms with Crippen molar-refractivity contribution in [3.05, 3.63) is 80.4 Å². The number of halogens is 1. The van der Waals surface area contributed by atoms with E-state index in [2.05, 4.69) is 17.5 Å². The number of non-ortho nitro benzene ring substituents is 1. The molecule has 2 N–H and O–H groups in total. The Kier molecular flexibility index (Phi) is 3.92. The molecule has 26 heavy (non-hydrogen) atoms. The van der Waals surface area contributed by atoms with Crippen LogP contribution in [0.4, 0.5) is 11.4 Å². The van der Waals surface area contributed by atoms with Gasteiger partial charge in [-0.3, -0.25) is 10.1 Å². The van der Waals surface area contributed by atoms with Crippen LogP contribution in [0.1, 0.15) is 39.9 Å². The number of nitrogens with zero attached hydrogens (tertiary/aromatic N) is 1. The van der Waals surface area contributed by atoms with Crippen LogP contribution < -0.4 is 5.32 Å². The van der Waals surface area contributed by atoms with E-state index in [1.807, 2.05) is 0 Å². The molecule has 0 fully saturated rings. The van der Waals surface area contributed by atoms with Crippen LogP contribution in [0.5, 0.6) is 0 Å². The average molecular weight is 371 g/mol. The molecule has 1 aliphatic heterocycles. The second-order valence-corrected chi connectivity index (χ2v) is 6.95. The third-order valence-electron chi connectivity index (χ3n) is 5.14. The van der Waals surface area contributed by atoms with Crippen molar-refractivity contribution in [2.45, 2.75) is 18.4 Å². The van der Waals surface area contributed by atoms with Gasteiger partial charge in [-0.1, -0.05) is 23.8 Å². The zero-order valence-electron chi connectivity index (χ0n) is 13.6. The Morgan fingerprint density at radius 2 is 2.04 bits per heavy atom. The Balaban J connectivity index is 1.80. The molecule has 2 aromatic rings. The van der Waals surface area contributed by atoms with Crippen molar-refractivity contribution in [1.29, 1.82) is 0 Å². The minimum Gasteiger partial charge on any atom is -0.478 e. The molecule has 7 heteroatoms. The number of hydrogen-bond donors (Lipinski definition) is 2. The molecule has 4 rings (SSSR count). The van der Waals surface area contributed by atoms with E-state index in [-0.39, 0.29) is 29.1 Å². The second-order valence-electron chi connectivity index (χ2n) is 6.55. The van der Waals surface area contributed by atoms with Gasteiger partial charge in [0.05, 0.1) is 16.5 Å². The van der Waals surface area contributed by atoms with Crippen molar-refractivity contribution < 1.29 is 14.8 Å². The van der Waals surface area contributed by atoms with Crippen molar-refractivity contribution in [3.63, 3.8) is 0 Å². The Morgan fingerprint density at radius 3 is 2.77 bits per heavy atom. The van der Waals surface area contributed by atoms with Gasteiger partial charge in [-0.15, -0.1) is 0 Å². The fourth-order valence-corrected chi connectivity index (χ4v) is 4.15. The third-order valence-corrected chi connectivity index (χ3v) is 5.48. The minimum atomic E-state index is -0.963. The molecule has 1 aliphatic carbocycles. The van der Waals surface area contributed by atoms with Gasteiger partial charge < -0.3 is 10.4 Å². The predicted octanol–water partition coefficient (Wildman–Crippen LogP) is 4.77. The summed E-state index contributed by atoms with van der Waals surface area (Å²) in [5.41, 5.74) is 2.70. The zero-order chi connectivity index (χ0) is 18.4. The lowest BCUT2D eigenvalue weighted by Gasteiger charge is -2.37. The second kappa shape index (κ2) is 6.14. The maximum Gasteiger partial charge on any atom is 0.335 e. The average Bonchev–Trinajstić information content (AvgIpc) is 3.11. The number of aromatic carboxylic acids is 1. The molecular weight excluding hydrogens is 356 g/mol. The van der Waals surface area contributed by atoms with Gasteiger partial charge in [0.15, 0.2) is 0 Å². The molecule has 6 nitrogen and oxygen atoms in total. The number of nitro benzene ring substituents is 1. The van der Waals surface area contributed by atoms with Gasteiger partial charge in [0.25, 0.3) is 5.69 Å². The van der Waals surface area contributed by atoms with Gasteiger partial charge in [0.1, 0.15) is 0 Å². The zero-order valence-corrected chi connectivity index (χ0v) is 14.3. The van der Waals surface area contributed by atoms with Gasteiger partial charge in [-0.25, -0.2) is 4.79 Å². The quantitative estimate of drug-likeness (QED) is 0.461. The molecule has 2 aromatic carbocycles. The lowest BCUT2D eigenvalue weighted by Crippen LogP contribution is -2.29. The summed E-state index contributed by atoms with van der Waals surface area (Å²) >= 11 is 6.36. The number of rotatable bonds is 3. The Hall–Kier alpha value is -2.86. The van der Waals surface area contributed by atoms with Gasteiger partial charge in [0.2, 0.25) is 0 Å². The molecule has 3 atom stereocenters. The smallest absolute Gasteiger partial charge is 0.335 e. The molecule has 0 amide bonds. The highest BCUT2D eigenvalue weighted by atomic mass is 35.5. The number of fused-ring (bicyclic) bond motifs is 3. The standard InChI is InChI=1S/C19H15ClN2O4/c20-16-6-5-11(22(25)26)9-15(16)18-13-3-1-2-12(13)14-8-10(19(23)24)4-7-17(14)21-18/h1-2,4-9,12-13,18,21H,3H2,(H,23,24)/t12-,13+,18+/m1/s1. The van der Waals surface area contributed by atoms with Crippen LogP contribution in [-0.2, 0) is 0 Å². The molecule has 0 saturated heterocycles. The minimum absolute atomic E-state index is 0.000674. The van der Waals surface area contributed by atoms with Crippen molar-refractivity contribution in [2.24, 2.45) is 5.92 Å². The number of nitro groups is 1. The topological polar surface area (TPSA) is 92.5 Å². The number of anilines is 1. The first-order valence-electron chi connectivity index (χ1n) is 8.20. The lowest BCUT2D eigenvalue weighted by atomic mass is 9.76. The molecule has 0 saturated carbocycles. The van der Waals surface area contributed by atoms with E-state index in [0.29, 0.717) is 10.6 Å². The predicted molar refractivity (Wildman–Crippen MR) is 97.9 cm³/mol. The number of nitrogens with one attached hydrogen (secondary N) is 1. The summed E-state index contributed by atoms with van der Waals surface area (Å²) in [5, 5.41) is 24.3. The molecule has 0 radical (unpaired) electrons. The maximum absolute atomic E-state index is 11.3. The highest BCUT2D eigenvalue weighted by Gasteiger charge is 2.39. The summed E-state index contributed by atoms with van der Waals surface area (Å²) in [6.07, 6.45) is 4.93. The van der Waals surface area contributed by atoms with Gasteiger partial charge in [-0.2, -0.15) is 0 Å². The van der Waals surface area contributed by atoms with Crippen LogP contribution in [0.25, 0.3) is 0 Å². The van der Waals surface area contributed by atoms with E-state index in [1.54, 1.807) is 24.3 Å². The SMILES string of the molecule is O=C(O)c1ccc2c(c1)[C@@H]1C=CC[C@@H]1[C@@H](c1cc([N+](=O)[O-])ccc1Cl)N2. The van der Waals surface area contributed by atoms with Crippen LogP contribution in [-0.4, -0.2) is 16.0 Å². The van der Waals surface area contributed by atoms with Crippen molar-refractivity contribution in [3.8, 4) is 0 Å². The van der Waals surface area contributed by atoms with Crippen LogP contribution >= 0.6 is 11.6 Å². The van der Waals surface area contributed by atoms with Gasteiger partial charge in [0, 0.05) is 34.3 Å². The summed E-state index contributed by atoms with van der Waals surface area (Å²) in [6.45, 7) is 0. The molecule has 0 unspecified atom stereocenters. The lowest BCUT2D eigenvalue weighted by molar-refractivity contribution is -0.384. The van der Waals surface area contributed by atoms with E-state index in [0.717, 1.165) is 17.7 Å². The Labute approximate surface area is 154 Å². The first-order valence-corrected chi connectivity index (χ1v) is 8.58. The highest BCUT2D eigenvalue weighted by molar-refractivity contribution is 6.31. The molecule has 0 aromatic heterocycles. The third kappa shape index (κ3) is 2.63. The van der Waals surface area contributed by atoms with Crippen molar-refractivity contribution >= 4 is 28.9 Å². The molecule has 1 heterocycles. The maximum atomic E-state index is 11.3. The molecule has 2 aliphatic rings. The fourth-order valence-electron chi connectivity index (χ4n) is 3.92. The van der Waals surface area contributed by atoms with Crippen LogP contribution in [0.15, 0.2) is 48.6 Å². The van der Waals surface area contributed by atoms with Crippen molar-refractivity contribution in [1.82, 2.24) is 0 Å². The van der Waals surface area contributed by atoms with E-state index < -0.39 is 10.9 Å². The number of carbonyl (C=O) groups is 1. The summed E-state index contributed by atoms with van der Waals surface area (Å²) in [7, 11) is 0. The molecule has 0 bridgehead atoms. The summed E-state index contributed by atoms with van der Waals surface area (Å²) < 4.78 is 0. The van der Waals surface area contributed by atoms with Gasteiger partial charge in [-0.05, 0) is 42.2 Å². The first-order chi connectivity index (χ1) is 12.5.